The molecule has 11 heteroatoms. The highest BCUT2D eigenvalue weighted by Crippen LogP contribution is 2.37. The molecule has 0 unspecified atom stereocenters. The molecule has 0 spiro atoms. The number of para-hydroxylation sites is 1. The summed E-state index contributed by atoms with van der Waals surface area (Å²) in [5, 5.41) is 9.37. The molecule has 2 aromatic heterocycles. The van der Waals surface area contributed by atoms with Crippen molar-refractivity contribution < 1.29 is 22.4 Å². The van der Waals surface area contributed by atoms with Crippen LogP contribution in [0.5, 0.6) is 0 Å². The van der Waals surface area contributed by atoms with Crippen LogP contribution in [-0.4, -0.2) is 42.7 Å². The van der Waals surface area contributed by atoms with Crippen LogP contribution in [0, 0.1) is 12.8 Å². The van der Waals surface area contributed by atoms with Crippen LogP contribution in [0.25, 0.3) is 10.9 Å². The number of rotatable bonds is 6. The molecule has 1 aliphatic rings. The van der Waals surface area contributed by atoms with Crippen molar-refractivity contribution in [3.05, 3.63) is 41.9 Å². The zero-order chi connectivity index (χ0) is 25.2. The smallest absolute Gasteiger partial charge is 0.451 e. The van der Waals surface area contributed by atoms with Crippen molar-refractivity contribution in [2.24, 2.45) is 5.92 Å². The third-order valence-electron chi connectivity index (χ3n) is 6.10. The van der Waals surface area contributed by atoms with E-state index in [-0.39, 0.29) is 23.4 Å². The largest absolute Gasteiger partial charge is 0.455 e. The second-order valence-corrected chi connectivity index (χ2v) is 9.08. The van der Waals surface area contributed by atoms with Gasteiger partial charge in [0.15, 0.2) is 0 Å². The highest BCUT2D eigenvalue weighted by Gasteiger charge is 2.38. The molecular weight excluding hydrogens is 461 g/mol. The summed E-state index contributed by atoms with van der Waals surface area (Å²) in [6.45, 7) is 1.78. The lowest BCUT2D eigenvalue weighted by molar-refractivity contribution is -0.152. The Morgan fingerprint density at radius 1 is 1.14 bits per heavy atom. The summed E-state index contributed by atoms with van der Waals surface area (Å²) in [5.74, 6) is 0.547. The van der Waals surface area contributed by atoms with Crippen LogP contribution in [0.1, 0.15) is 37.2 Å². The lowest BCUT2D eigenvalue weighted by atomic mass is 9.86. The quantitative estimate of drug-likeness (QED) is 0.428. The lowest BCUT2D eigenvalue weighted by Crippen LogP contribution is -2.36. The molecule has 1 aliphatic carbocycles. The van der Waals surface area contributed by atoms with Crippen LogP contribution in [0.4, 0.5) is 35.4 Å². The van der Waals surface area contributed by atoms with E-state index < -0.39 is 18.0 Å². The SMILES string of the molecule is Cc1cc(NC(=O)NCC2CCC(Nc3nc(N(C)C)c4ccccc4n3)CC2)c(C(F)(F)F)o1. The maximum absolute atomic E-state index is 13.0. The summed E-state index contributed by atoms with van der Waals surface area (Å²) in [4.78, 5) is 23.5. The molecule has 0 aliphatic heterocycles. The third kappa shape index (κ3) is 5.95. The number of furan rings is 1. The molecule has 0 radical (unpaired) electrons. The van der Waals surface area contributed by atoms with Crippen LogP contribution in [0.2, 0.25) is 0 Å². The van der Waals surface area contributed by atoms with Crippen molar-refractivity contribution in [2.45, 2.75) is 44.8 Å². The Labute approximate surface area is 201 Å². The van der Waals surface area contributed by atoms with Crippen molar-refractivity contribution in [1.82, 2.24) is 15.3 Å². The van der Waals surface area contributed by atoms with Crippen LogP contribution >= 0.6 is 0 Å². The van der Waals surface area contributed by atoms with Gasteiger partial charge in [0.05, 0.1) is 11.2 Å². The number of amides is 2. The topological polar surface area (TPSA) is 95.3 Å². The van der Waals surface area contributed by atoms with E-state index in [1.165, 1.54) is 6.92 Å². The van der Waals surface area contributed by atoms with E-state index in [9.17, 15) is 18.0 Å². The third-order valence-corrected chi connectivity index (χ3v) is 6.10. The number of urea groups is 1. The number of nitrogens with one attached hydrogen (secondary N) is 3. The van der Waals surface area contributed by atoms with Gasteiger partial charge in [0.25, 0.3) is 0 Å². The minimum absolute atomic E-state index is 0.0755. The van der Waals surface area contributed by atoms with Gasteiger partial charge in [-0.15, -0.1) is 0 Å². The van der Waals surface area contributed by atoms with Gasteiger partial charge in [0.2, 0.25) is 11.7 Å². The van der Waals surface area contributed by atoms with Gasteiger partial charge < -0.3 is 25.3 Å². The van der Waals surface area contributed by atoms with E-state index in [0.29, 0.717) is 12.5 Å². The fraction of sp³-hybridized carbons (Fsp3) is 0.458. The predicted molar refractivity (Wildman–Crippen MR) is 129 cm³/mol. The van der Waals surface area contributed by atoms with E-state index in [1.807, 2.05) is 43.3 Å². The number of halogens is 3. The van der Waals surface area contributed by atoms with Crippen molar-refractivity contribution >= 4 is 34.4 Å². The summed E-state index contributed by atoms with van der Waals surface area (Å²) in [6.07, 6.45) is -1.19. The molecule has 35 heavy (non-hydrogen) atoms. The number of hydrogen-bond acceptors (Lipinski definition) is 6. The summed E-state index contributed by atoms with van der Waals surface area (Å²) in [5.41, 5.74) is 0.493. The van der Waals surface area contributed by atoms with E-state index in [1.54, 1.807) is 0 Å². The molecule has 3 aromatic rings. The number of anilines is 3. The van der Waals surface area contributed by atoms with Gasteiger partial charge in [-0.2, -0.15) is 18.2 Å². The van der Waals surface area contributed by atoms with Gasteiger partial charge in [0.1, 0.15) is 11.6 Å². The summed E-state index contributed by atoms with van der Waals surface area (Å²) in [7, 11) is 3.90. The number of carbonyl (C=O) groups excluding carboxylic acids is 1. The minimum Gasteiger partial charge on any atom is -0.455 e. The average molecular weight is 491 g/mol. The minimum atomic E-state index is -4.68. The maximum atomic E-state index is 13.0. The fourth-order valence-electron chi connectivity index (χ4n) is 4.38. The first-order chi connectivity index (χ1) is 16.6. The van der Waals surface area contributed by atoms with Crippen LogP contribution in [0.3, 0.4) is 0 Å². The normalized spacial score (nSPS) is 18.3. The van der Waals surface area contributed by atoms with Crippen molar-refractivity contribution in [3.8, 4) is 0 Å². The number of fused-ring (bicyclic) bond motifs is 1. The summed E-state index contributed by atoms with van der Waals surface area (Å²) in [6, 6.07) is 8.57. The Kier molecular flexibility index (Phi) is 7.04. The Morgan fingerprint density at radius 3 is 2.54 bits per heavy atom. The zero-order valence-electron chi connectivity index (χ0n) is 19.9. The number of nitrogens with zero attached hydrogens (tertiary/aromatic N) is 3. The molecule has 0 bridgehead atoms. The van der Waals surface area contributed by atoms with Crippen LogP contribution in [-0.2, 0) is 6.18 Å². The molecule has 1 aromatic carbocycles. The number of aromatic nitrogens is 2. The molecule has 1 saturated carbocycles. The lowest BCUT2D eigenvalue weighted by Gasteiger charge is -2.29. The van der Waals surface area contributed by atoms with Crippen molar-refractivity contribution in [2.75, 3.05) is 36.2 Å². The Balaban J connectivity index is 1.28. The first-order valence-corrected chi connectivity index (χ1v) is 11.5. The number of aryl methyl sites for hydroxylation is 1. The van der Waals surface area contributed by atoms with E-state index in [2.05, 4.69) is 25.9 Å². The molecule has 2 amide bonds. The molecule has 1 fully saturated rings. The molecule has 0 saturated heterocycles. The van der Waals surface area contributed by atoms with Crippen molar-refractivity contribution in [3.63, 3.8) is 0 Å². The van der Waals surface area contributed by atoms with E-state index >= 15 is 0 Å². The van der Waals surface area contributed by atoms with Gasteiger partial charge in [-0.05, 0) is 50.7 Å². The first-order valence-electron chi connectivity index (χ1n) is 11.5. The van der Waals surface area contributed by atoms with Crippen molar-refractivity contribution in [1.29, 1.82) is 0 Å². The van der Waals surface area contributed by atoms with Gasteiger partial charge in [-0.25, -0.2) is 9.78 Å². The Morgan fingerprint density at radius 2 is 1.86 bits per heavy atom. The fourth-order valence-corrected chi connectivity index (χ4v) is 4.38. The second kappa shape index (κ2) is 10.0. The molecule has 0 atom stereocenters. The number of carbonyl (C=O) groups is 1. The molecule has 3 N–H and O–H groups in total. The summed E-state index contributed by atoms with van der Waals surface area (Å²) >= 11 is 0. The summed E-state index contributed by atoms with van der Waals surface area (Å²) < 4.78 is 43.8. The van der Waals surface area contributed by atoms with E-state index in [4.69, 9.17) is 4.42 Å². The van der Waals surface area contributed by atoms with Gasteiger partial charge in [0, 0.05) is 38.1 Å². The highest BCUT2D eigenvalue weighted by atomic mass is 19.4. The Bertz CT molecular complexity index is 1190. The van der Waals surface area contributed by atoms with Gasteiger partial charge >= 0.3 is 12.2 Å². The molecular formula is C24H29F3N6O2. The first kappa shape index (κ1) is 24.6. The molecule has 188 valence electrons. The van der Waals surface area contributed by atoms with Gasteiger partial charge in [-0.3, -0.25) is 0 Å². The van der Waals surface area contributed by atoms with E-state index in [0.717, 1.165) is 48.5 Å². The number of benzene rings is 1. The molecule has 2 heterocycles. The van der Waals surface area contributed by atoms with Crippen LogP contribution in [0.15, 0.2) is 34.7 Å². The monoisotopic (exact) mass is 490 g/mol. The maximum Gasteiger partial charge on any atom is 0.451 e. The number of hydrogen-bond donors (Lipinski definition) is 3. The second-order valence-electron chi connectivity index (χ2n) is 9.08. The molecule has 4 rings (SSSR count). The average Bonchev–Trinajstić information content (AvgIpc) is 3.18. The zero-order valence-corrected chi connectivity index (χ0v) is 19.9. The predicted octanol–water partition coefficient (Wildman–Crippen LogP) is 5.41. The van der Waals surface area contributed by atoms with Crippen LogP contribution < -0.4 is 20.9 Å². The standard InChI is InChI=1S/C24H29F3N6O2/c1-14-12-19(20(35-14)24(25,26)27)31-23(34)28-13-15-8-10-16(11-9-15)29-22-30-18-7-5-4-6-17(18)21(32-22)33(2)3/h4-7,12,15-16H,8-11,13H2,1-3H3,(H2,28,31,34)(H,29,30,32). The Hall–Kier alpha value is -3.50. The molecule has 8 nitrogen and oxygen atoms in total. The highest BCUT2D eigenvalue weighted by molar-refractivity contribution is 5.90. The van der Waals surface area contributed by atoms with Gasteiger partial charge in [-0.1, -0.05) is 12.1 Å². The number of alkyl halides is 3.